The third-order valence-electron chi connectivity index (χ3n) is 2.82. The molecule has 0 spiro atoms. The molecule has 0 saturated carbocycles. The highest BCUT2D eigenvalue weighted by molar-refractivity contribution is 7.85. The molecule has 3 nitrogen and oxygen atoms in total. The van der Waals surface area contributed by atoms with Crippen LogP contribution in [0.15, 0.2) is 29.2 Å². The van der Waals surface area contributed by atoms with Gasteiger partial charge in [0.15, 0.2) is 0 Å². The summed E-state index contributed by atoms with van der Waals surface area (Å²) < 4.78 is 30.5. The number of hydrogen-bond acceptors (Lipinski definition) is 2. The van der Waals surface area contributed by atoms with Crippen molar-refractivity contribution in [1.29, 1.82) is 0 Å². The van der Waals surface area contributed by atoms with E-state index in [-0.39, 0.29) is 4.90 Å². The zero-order valence-corrected chi connectivity index (χ0v) is 11.9. The lowest BCUT2D eigenvalue weighted by atomic mass is 10.1. The van der Waals surface area contributed by atoms with Gasteiger partial charge >= 0.3 is 0 Å². The summed E-state index contributed by atoms with van der Waals surface area (Å²) in [5, 5.41) is 0. The highest BCUT2D eigenvalue weighted by Gasteiger charge is 2.07. The fourth-order valence-electron chi connectivity index (χ4n) is 1.78. The Morgan fingerprint density at radius 1 is 0.944 bits per heavy atom. The monoisotopic (exact) mass is 290 g/mol. The van der Waals surface area contributed by atoms with E-state index in [9.17, 15) is 8.42 Å². The molecule has 1 N–H and O–H groups in total. The minimum absolute atomic E-state index is 0.0478. The minimum Gasteiger partial charge on any atom is -0.282 e. The molecule has 1 rings (SSSR count). The minimum atomic E-state index is -4.07. The maximum absolute atomic E-state index is 10.8. The number of halogens is 1. The first kappa shape index (κ1) is 15.5. The topological polar surface area (TPSA) is 54.4 Å². The van der Waals surface area contributed by atoms with Crippen LogP contribution in [-0.4, -0.2) is 18.9 Å². The van der Waals surface area contributed by atoms with Crippen molar-refractivity contribution in [1.82, 2.24) is 0 Å². The van der Waals surface area contributed by atoms with Crippen LogP contribution < -0.4 is 0 Å². The number of rotatable bonds is 8. The zero-order chi connectivity index (χ0) is 13.4. The van der Waals surface area contributed by atoms with Gasteiger partial charge in [0.05, 0.1) is 4.90 Å². The summed E-state index contributed by atoms with van der Waals surface area (Å²) in [6, 6.07) is 6.39. The van der Waals surface area contributed by atoms with Crippen LogP contribution in [0.1, 0.15) is 37.7 Å². The zero-order valence-electron chi connectivity index (χ0n) is 10.3. The Morgan fingerprint density at radius 3 is 2.06 bits per heavy atom. The van der Waals surface area contributed by atoms with E-state index in [1.54, 1.807) is 12.1 Å². The van der Waals surface area contributed by atoms with Crippen molar-refractivity contribution in [3.05, 3.63) is 29.8 Å². The van der Waals surface area contributed by atoms with Crippen LogP contribution in [0, 0.1) is 0 Å². The second kappa shape index (κ2) is 7.77. The van der Waals surface area contributed by atoms with Gasteiger partial charge in [-0.1, -0.05) is 31.4 Å². The standard InChI is InChI=1S/C13H19ClO3S/c14-11-5-3-1-2-4-6-12-7-9-13(10-8-12)18(15,16)17/h7-10H,1-6,11H2,(H,15,16,17). The van der Waals surface area contributed by atoms with Crippen molar-refractivity contribution in [3.63, 3.8) is 0 Å². The SMILES string of the molecule is O=S(=O)(O)c1ccc(CCCCCCCCl)cc1. The summed E-state index contributed by atoms with van der Waals surface area (Å²) in [5.74, 6) is 0.733. The third kappa shape index (κ3) is 5.85. The maximum atomic E-state index is 10.8. The summed E-state index contributed by atoms with van der Waals surface area (Å²) in [5.41, 5.74) is 1.10. The lowest BCUT2D eigenvalue weighted by Crippen LogP contribution is -1.98. The Hall–Kier alpha value is -0.580. The van der Waals surface area contributed by atoms with E-state index < -0.39 is 10.1 Å². The Morgan fingerprint density at radius 2 is 1.50 bits per heavy atom. The molecule has 0 aromatic heterocycles. The average Bonchev–Trinajstić information content (AvgIpc) is 2.33. The first-order chi connectivity index (χ1) is 8.54. The Balaban J connectivity index is 2.32. The molecule has 0 aliphatic carbocycles. The molecule has 0 atom stereocenters. The molecule has 0 amide bonds. The maximum Gasteiger partial charge on any atom is 0.294 e. The molecule has 0 aliphatic heterocycles. The van der Waals surface area contributed by atoms with Gasteiger partial charge in [-0.25, -0.2) is 0 Å². The van der Waals surface area contributed by atoms with Crippen molar-refractivity contribution in [2.45, 2.75) is 43.4 Å². The predicted molar refractivity (Wildman–Crippen MR) is 73.8 cm³/mol. The van der Waals surface area contributed by atoms with Crippen LogP contribution >= 0.6 is 11.6 Å². The highest BCUT2D eigenvalue weighted by Crippen LogP contribution is 2.13. The van der Waals surface area contributed by atoms with Gasteiger partial charge in [0, 0.05) is 5.88 Å². The third-order valence-corrected chi connectivity index (χ3v) is 3.96. The van der Waals surface area contributed by atoms with Crippen LogP contribution in [-0.2, 0) is 16.5 Å². The van der Waals surface area contributed by atoms with E-state index in [1.807, 2.05) is 0 Å². The number of hydrogen-bond donors (Lipinski definition) is 1. The second-order valence-electron chi connectivity index (χ2n) is 4.33. The molecule has 1 aromatic rings. The molecule has 0 heterocycles. The van der Waals surface area contributed by atoms with Gasteiger partial charge in [-0.15, -0.1) is 11.6 Å². The lowest BCUT2D eigenvalue weighted by molar-refractivity contribution is 0.483. The number of benzene rings is 1. The molecular formula is C13H19ClO3S. The van der Waals surface area contributed by atoms with Gasteiger partial charge in [0.2, 0.25) is 0 Å². The fraction of sp³-hybridized carbons (Fsp3) is 0.538. The van der Waals surface area contributed by atoms with Gasteiger partial charge in [0.25, 0.3) is 10.1 Å². The van der Waals surface area contributed by atoms with Crippen molar-refractivity contribution in [2.24, 2.45) is 0 Å². The van der Waals surface area contributed by atoms with E-state index in [1.165, 1.54) is 25.0 Å². The predicted octanol–water partition coefficient (Wildman–Crippen LogP) is 3.67. The van der Waals surface area contributed by atoms with Gasteiger partial charge in [-0.2, -0.15) is 8.42 Å². The summed E-state index contributed by atoms with van der Waals surface area (Å²) in [6.45, 7) is 0. The average molecular weight is 291 g/mol. The van der Waals surface area contributed by atoms with Crippen molar-refractivity contribution in [2.75, 3.05) is 5.88 Å². The molecule has 0 bridgehead atoms. The molecule has 102 valence electrons. The molecule has 18 heavy (non-hydrogen) atoms. The molecule has 0 fully saturated rings. The van der Waals surface area contributed by atoms with Crippen molar-refractivity contribution >= 4 is 21.7 Å². The van der Waals surface area contributed by atoms with Crippen LogP contribution in [0.5, 0.6) is 0 Å². The number of alkyl halides is 1. The van der Waals surface area contributed by atoms with E-state index in [0.29, 0.717) is 0 Å². The Kier molecular flexibility index (Phi) is 6.68. The number of aryl methyl sites for hydroxylation is 1. The molecule has 5 heteroatoms. The molecule has 1 aromatic carbocycles. The second-order valence-corrected chi connectivity index (χ2v) is 6.13. The molecule has 0 radical (unpaired) electrons. The largest absolute Gasteiger partial charge is 0.294 e. The quantitative estimate of drug-likeness (QED) is 0.451. The van der Waals surface area contributed by atoms with Gasteiger partial charge in [-0.05, 0) is 37.0 Å². The van der Waals surface area contributed by atoms with Crippen molar-refractivity contribution in [3.8, 4) is 0 Å². The van der Waals surface area contributed by atoms with Gasteiger partial charge in [0.1, 0.15) is 0 Å². The van der Waals surface area contributed by atoms with E-state index in [2.05, 4.69) is 0 Å². The van der Waals surface area contributed by atoms with Crippen LogP contribution in [0.4, 0.5) is 0 Å². The van der Waals surface area contributed by atoms with Crippen molar-refractivity contribution < 1.29 is 13.0 Å². The van der Waals surface area contributed by atoms with E-state index in [0.717, 1.165) is 37.1 Å². The fourth-order valence-corrected chi connectivity index (χ4v) is 2.45. The van der Waals surface area contributed by atoms with Crippen LogP contribution in [0.25, 0.3) is 0 Å². The van der Waals surface area contributed by atoms with Crippen LogP contribution in [0.3, 0.4) is 0 Å². The lowest BCUT2D eigenvalue weighted by Gasteiger charge is -2.03. The summed E-state index contributed by atoms with van der Waals surface area (Å²) in [6.07, 6.45) is 6.63. The van der Waals surface area contributed by atoms with E-state index in [4.69, 9.17) is 16.2 Å². The van der Waals surface area contributed by atoms with Gasteiger partial charge < -0.3 is 0 Å². The van der Waals surface area contributed by atoms with Crippen LogP contribution in [0.2, 0.25) is 0 Å². The molecular weight excluding hydrogens is 272 g/mol. The first-order valence-electron chi connectivity index (χ1n) is 6.16. The first-order valence-corrected chi connectivity index (χ1v) is 8.14. The number of unbranched alkanes of at least 4 members (excludes halogenated alkanes) is 4. The Labute approximate surface area is 114 Å². The normalized spacial score (nSPS) is 11.7. The summed E-state index contributed by atoms with van der Waals surface area (Å²) in [7, 11) is -4.07. The molecule has 0 unspecified atom stereocenters. The summed E-state index contributed by atoms with van der Waals surface area (Å²) >= 11 is 5.59. The summed E-state index contributed by atoms with van der Waals surface area (Å²) in [4.78, 5) is -0.0478. The Bertz CT molecular complexity index is 440. The molecule has 0 saturated heterocycles. The van der Waals surface area contributed by atoms with Gasteiger partial charge in [-0.3, -0.25) is 4.55 Å². The van der Waals surface area contributed by atoms with E-state index >= 15 is 0 Å². The smallest absolute Gasteiger partial charge is 0.282 e. The molecule has 0 aliphatic rings. The highest BCUT2D eigenvalue weighted by atomic mass is 35.5.